The standard InChI is InChI=1S/C19H19ClOS/c20-17-11-9-16(10-12-17)19(21)15-7-5-14(6-8-15)13-22-18-3-1-2-4-18/h5-12,18H,1-4,13H2. The van der Waals surface area contributed by atoms with Crippen molar-refractivity contribution in [1.82, 2.24) is 0 Å². The minimum atomic E-state index is 0.0478. The van der Waals surface area contributed by atoms with Crippen molar-refractivity contribution in [3.05, 3.63) is 70.2 Å². The van der Waals surface area contributed by atoms with Gasteiger partial charge in [0.2, 0.25) is 0 Å². The van der Waals surface area contributed by atoms with E-state index in [1.54, 1.807) is 24.3 Å². The maximum absolute atomic E-state index is 12.4. The first-order valence-corrected chi connectivity index (χ1v) is 9.16. The van der Waals surface area contributed by atoms with Gasteiger partial charge in [-0.15, -0.1) is 0 Å². The van der Waals surface area contributed by atoms with E-state index in [-0.39, 0.29) is 5.78 Å². The molecular weight excluding hydrogens is 312 g/mol. The van der Waals surface area contributed by atoms with E-state index in [1.807, 2.05) is 23.9 Å². The lowest BCUT2D eigenvalue weighted by molar-refractivity contribution is 0.103. The predicted octanol–water partition coefficient (Wildman–Crippen LogP) is 5.75. The predicted molar refractivity (Wildman–Crippen MR) is 94.9 cm³/mol. The van der Waals surface area contributed by atoms with E-state index in [0.717, 1.165) is 16.6 Å². The minimum absolute atomic E-state index is 0.0478. The Morgan fingerprint density at radius 1 is 0.955 bits per heavy atom. The van der Waals surface area contributed by atoms with Crippen LogP contribution in [0.2, 0.25) is 5.02 Å². The fourth-order valence-electron chi connectivity index (χ4n) is 2.79. The van der Waals surface area contributed by atoms with Crippen LogP contribution in [0.4, 0.5) is 0 Å². The van der Waals surface area contributed by atoms with Crippen LogP contribution < -0.4 is 0 Å². The van der Waals surface area contributed by atoms with Crippen molar-refractivity contribution < 1.29 is 4.79 Å². The first-order valence-electron chi connectivity index (χ1n) is 7.73. The van der Waals surface area contributed by atoms with E-state index >= 15 is 0 Å². The quantitative estimate of drug-likeness (QED) is 0.649. The highest BCUT2D eigenvalue weighted by molar-refractivity contribution is 7.99. The molecular formula is C19H19ClOS. The normalized spacial score (nSPS) is 15.1. The number of rotatable bonds is 5. The number of carbonyl (C=O) groups is 1. The Morgan fingerprint density at radius 3 is 2.09 bits per heavy atom. The van der Waals surface area contributed by atoms with E-state index < -0.39 is 0 Å². The third kappa shape index (κ3) is 3.93. The fourth-order valence-corrected chi connectivity index (χ4v) is 4.20. The maximum atomic E-state index is 12.4. The van der Waals surface area contributed by atoms with Gasteiger partial charge in [-0.3, -0.25) is 4.79 Å². The summed E-state index contributed by atoms with van der Waals surface area (Å²) < 4.78 is 0. The second kappa shape index (κ2) is 7.34. The Kier molecular flexibility index (Phi) is 5.22. The van der Waals surface area contributed by atoms with Crippen LogP contribution in [0.15, 0.2) is 48.5 Å². The molecule has 1 aliphatic rings. The summed E-state index contributed by atoms with van der Waals surface area (Å²) in [4.78, 5) is 12.4. The average molecular weight is 331 g/mol. The molecule has 1 saturated carbocycles. The second-order valence-electron chi connectivity index (χ2n) is 5.75. The summed E-state index contributed by atoms with van der Waals surface area (Å²) in [5.41, 5.74) is 2.71. The molecule has 0 atom stereocenters. The summed E-state index contributed by atoms with van der Waals surface area (Å²) >= 11 is 7.91. The van der Waals surface area contributed by atoms with Crippen molar-refractivity contribution in [3.63, 3.8) is 0 Å². The molecule has 0 bridgehead atoms. The molecule has 0 spiro atoms. The Hall–Kier alpha value is -1.25. The van der Waals surface area contributed by atoms with Crippen molar-refractivity contribution in [2.45, 2.75) is 36.7 Å². The van der Waals surface area contributed by atoms with Gasteiger partial charge in [0.1, 0.15) is 0 Å². The van der Waals surface area contributed by atoms with Crippen molar-refractivity contribution in [2.24, 2.45) is 0 Å². The molecule has 22 heavy (non-hydrogen) atoms. The molecule has 2 aromatic rings. The van der Waals surface area contributed by atoms with Gasteiger partial charge in [-0.2, -0.15) is 11.8 Å². The van der Waals surface area contributed by atoms with Crippen molar-refractivity contribution in [2.75, 3.05) is 0 Å². The SMILES string of the molecule is O=C(c1ccc(Cl)cc1)c1ccc(CSC2CCCC2)cc1. The van der Waals surface area contributed by atoms with Crippen molar-refractivity contribution >= 4 is 29.1 Å². The van der Waals surface area contributed by atoms with Gasteiger partial charge in [-0.05, 0) is 42.7 Å². The van der Waals surface area contributed by atoms with Gasteiger partial charge < -0.3 is 0 Å². The molecule has 0 aliphatic heterocycles. The van der Waals surface area contributed by atoms with Crippen LogP contribution in [0.25, 0.3) is 0 Å². The van der Waals surface area contributed by atoms with Gasteiger partial charge in [0.05, 0.1) is 0 Å². The monoisotopic (exact) mass is 330 g/mol. The maximum Gasteiger partial charge on any atom is 0.193 e. The molecule has 1 nitrogen and oxygen atoms in total. The highest BCUT2D eigenvalue weighted by Gasteiger charge is 2.15. The van der Waals surface area contributed by atoms with Crippen LogP contribution in [0, 0.1) is 0 Å². The molecule has 0 unspecified atom stereocenters. The highest BCUT2D eigenvalue weighted by atomic mass is 35.5. The zero-order chi connectivity index (χ0) is 15.4. The Morgan fingerprint density at radius 2 is 1.50 bits per heavy atom. The van der Waals surface area contributed by atoms with Gasteiger partial charge >= 0.3 is 0 Å². The number of hydrogen-bond acceptors (Lipinski definition) is 2. The molecule has 3 heteroatoms. The molecule has 0 N–H and O–H groups in total. The van der Waals surface area contributed by atoms with Gasteiger partial charge in [0.25, 0.3) is 0 Å². The molecule has 0 saturated heterocycles. The van der Waals surface area contributed by atoms with Crippen LogP contribution in [-0.2, 0) is 5.75 Å². The minimum Gasteiger partial charge on any atom is -0.289 e. The van der Waals surface area contributed by atoms with Gasteiger partial charge in [-0.25, -0.2) is 0 Å². The zero-order valence-corrected chi connectivity index (χ0v) is 14.0. The number of benzene rings is 2. The van der Waals surface area contributed by atoms with E-state index in [9.17, 15) is 4.79 Å². The Bertz CT molecular complexity index is 627. The van der Waals surface area contributed by atoms with E-state index in [0.29, 0.717) is 10.6 Å². The molecule has 0 radical (unpaired) electrons. The van der Waals surface area contributed by atoms with E-state index in [2.05, 4.69) is 12.1 Å². The summed E-state index contributed by atoms with van der Waals surface area (Å²) in [6.07, 6.45) is 5.48. The summed E-state index contributed by atoms with van der Waals surface area (Å²) in [5.74, 6) is 1.09. The molecule has 0 heterocycles. The average Bonchev–Trinajstić information content (AvgIpc) is 3.07. The number of hydrogen-bond donors (Lipinski definition) is 0. The molecule has 114 valence electrons. The second-order valence-corrected chi connectivity index (χ2v) is 7.48. The summed E-state index contributed by atoms with van der Waals surface area (Å²) in [7, 11) is 0. The zero-order valence-electron chi connectivity index (χ0n) is 12.4. The van der Waals surface area contributed by atoms with E-state index in [4.69, 9.17) is 11.6 Å². The first kappa shape index (κ1) is 15.6. The van der Waals surface area contributed by atoms with Crippen LogP contribution in [0.1, 0.15) is 47.2 Å². The molecule has 1 aliphatic carbocycles. The Balaban J connectivity index is 1.62. The summed E-state index contributed by atoms with van der Waals surface area (Å²) in [6, 6.07) is 15.1. The molecule has 1 fully saturated rings. The number of halogens is 1. The fraction of sp³-hybridized carbons (Fsp3) is 0.316. The number of thioether (sulfide) groups is 1. The van der Waals surface area contributed by atoms with Crippen molar-refractivity contribution in [3.8, 4) is 0 Å². The smallest absolute Gasteiger partial charge is 0.193 e. The third-order valence-electron chi connectivity index (χ3n) is 4.11. The summed E-state index contributed by atoms with van der Waals surface area (Å²) in [6.45, 7) is 0. The summed E-state index contributed by atoms with van der Waals surface area (Å²) in [5, 5.41) is 1.48. The lowest BCUT2D eigenvalue weighted by Crippen LogP contribution is -2.01. The third-order valence-corrected chi connectivity index (χ3v) is 5.81. The van der Waals surface area contributed by atoms with Crippen LogP contribution in [0.3, 0.4) is 0 Å². The van der Waals surface area contributed by atoms with Gasteiger partial charge in [0.15, 0.2) is 5.78 Å². The molecule has 3 rings (SSSR count). The van der Waals surface area contributed by atoms with Gasteiger partial charge in [-0.1, -0.05) is 48.7 Å². The van der Waals surface area contributed by atoms with Gasteiger partial charge in [0, 0.05) is 27.2 Å². The highest BCUT2D eigenvalue weighted by Crippen LogP contribution is 2.31. The molecule has 0 aromatic heterocycles. The largest absolute Gasteiger partial charge is 0.289 e. The van der Waals surface area contributed by atoms with Crippen LogP contribution in [-0.4, -0.2) is 11.0 Å². The van der Waals surface area contributed by atoms with E-state index in [1.165, 1.54) is 31.2 Å². The topological polar surface area (TPSA) is 17.1 Å². The first-order chi connectivity index (χ1) is 10.7. The van der Waals surface area contributed by atoms with Crippen LogP contribution >= 0.6 is 23.4 Å². The van der Waals surface area contributed by atoms with Crippen LogP contribution in [0.5, 0.6) is 0 Å². The Labute approximate surface area is 141 Å². The molecule has 2 aromatic carbocycles. The lowest BCUT2D eigenvalue weighted by atomic mass is 10.0. The lowest BCUT2D eigenvalue weighted by Gasteiger charge is -2.09. The van der Waals surface area contributed by atoms with Crippen molar-refractivity contribution in [1.29, 1.82) is 0 Å². The number of ketones is 1. The molecule has 0 amide bonds. The number of carbonyl (C=O) groups excluding carboxylic acids is 1.